The largest absolute Gasteiger partial charge is 0.394 e. The molecule has 0 amide bonds. The van der Waals surface area contributed by atoms with Crippen molar-refractivity contribution in [3.63, 3.8) is 0 Å². The maximum absolute atomic E-state index is 12.0. The number of aromatic amines is 1. The van der Waals surface area contributed by atoms with Gasteiger partial charge >= 0.3 is 5.69 Å². The lowest BCUT2D eigenvalue weighted by Gasteiger charge is -2.20. The third-order valence-corrected chi connectivity index (χ3v) is 3.73. The summed E-state index contributed by atoms with van der Waals surface area (Å²) >= 11 is 0. The van der Waals surface area contributed by atoms with E-state index in [0.29, 0.717) is 24.9 Å². The number of hydrogen-bond donors (Lipinski definition) is 4. The molecule has 124 valence electrons. The Morgan fingerprint density at radius 3 is 2.82 bits per heavy atom. The molecule has 1 aliphatic heterocycles. The zero-order valence-electron chi connectivity index (χ0n) is 12.3. The van der Waals surface area contributed by atoms with Crippen LogP contribution < -0.4 is 17.0 Å². The molecule has 4 atom stereocenters. The fourth-order valence-electron chi connectivity index (χ4n) is 2.53. The van der Waals surface area contributed by atoms with E-state index < -0.39 is 42.4 Å². The predicted octanol–water partition coefficient (Wildman–Crippen LogP) is -2.31. The van der Waals surface area contributed by atoms with Gasteiger partial charge in [0.05, 0.1) is 6.61 Å². The van der Waals surface area contributed by atoms with E-state index in [-0.39, 0.29) is 0 Å². The minimum Gasteiger partial charge on any atom is -0.394 e. The Kier molecular flexibility index (Phi) is 5.48. The van der Waals surface area contributed by atoms with Crippen molar-refractivity contribution in [1.82, 2.24) is 9.55 Å². The van der Waals surface area contributed by atoms with Crippen LogP contribution in [0, 0.1) is 0 Å². The van der Waals surface area contributed by atoms with Crippen molar-refractivity contribution in [3.8, 4) is 0 Å². The number of aryl methyl sites for hydroxylation is 1. The predicted molar refractivity (Wildman–Crippen MR) is 76.5 cm³/mol. The molecule has 0 aromatic carbocycles. The van der Waals surface area contributed by atoms with Gasteiger partial charge in [-0.25, -0.2) is 4.79 Å². The Hall–Kier alpha value is -1.52. The standard InChI is InChI=1S/C13H21N3O6/c1-21-10-9(18)8(6-17)22-12(10)16-5-7(3-2-4-14)11(19)15-13(16)20/h5,8-10,12,17-18H,2-4,6,14H2,1H3,(H,15,19,20)/t8-,9+,10?,12-/m1/s1. The Bertz CT molecular complexity index is 613. The fraction of sp³-hybridized carbons (Fsp3) is 0.692. The molecule has 0 spiro atoms. The van der Waals surface area contributed by atoms with E-state index in [4.69, 9.17) is 15.2 Å². The average Bonchev–Trinajstić information content (AvgIpc) is 2.82. The van der Waals surface area contributed by atoms with E-state index in [0.717, 1.165) is 0 Å². The minimum absolute atomic E-state index is 0.394. The summed E-state index contributed by atoms with van der Waals surface area (Å²) in [5.41, 5.74) is 4.68. The molecule has 1 aromatic heterocycles. The smallest absolute Gasteiger partial charge is 0.330 e. The van der Waals surface area contributed by atoms with Crippen LogP contribution in [-0.4, -0.2) is 58.3 Å². The summed E-state index contributed by atoms with van der Waals surface area (Å²) in [4.78, 5) is 26.0. The number of H-pyrrole nitrogens is 1. The van der Waals surface area contributed by atoms with Crippen LogP contribution in [0.1, 0.15) is 18.2 Å². The van der Waals surface area contributed by atoms with E-state index in [9.17, 15) is 19.8 Å². The molecule has 22 heavy (non-hydrogen) atoms. The topological polar surface area (TPSA) is 140 Å². The summed E-state index contributed by atoms with van der Waals surface area (Å²) in [7, 11) is 1.37. The lowest BCUT2D eigenvalue weighted by molar-refractivity contribution is -0.0626. The summed E-state index contributed by atoms with van der Waals surface area (Å²) in [5, 5.41) is 19.2. The summed E-state index contributed by atoms with van der Waals surface area (Å²) in [6.07, 6.45) is -1.29. The van der Waals surface area contributed by atoms with Crippen LogP contribution in [0.2, 0.25) is 0 Å². The monoisotopic (exact) mass is 315 g/mol. The van der Waals surface area contributed by atoms with Gasteiger partial charge in [-0.2, -0.15) is 0 Å². The number of nitrogens with two attached hydrogens (primary N) is 1. The van der Waals surface area contributed by atoms with Gasteiger partial charge in [-0.05, 0) is 19.4 Å². The maximum atomic E-state index is 12.0. The van der Waals surface area contributed by atoms with Gasteiger partial charge in [-0.3, -0.25) is 14.3 Å². The lowest BCUT2D eigenvalue weighted by Crippen LogP contribution is -2.39. The molecule has 9 nitrogen and oxygen atoms in total. The number of methoxy groups -OCH3 is 1. The van der Waals surface area contributed by atoms with Crippen LogP contribution in [0.5, 0.6) is 0 Å². The highest BCUT2D eigenvalue weighted by atomic mass is 16.6. The Labute approximate surface area is 126 Å². The van der Waals surface area contributed by atoms with Gasteiger partial charge < -0.3 is 25.4 Å². The molecule has 0 saturated carbocycles. The third-order valence-electron chi connectivity index (χ3n) is 3.73. The van der Waals surface area contributed by atoms with E-state index >= 15 is 0 Å². The summed E-state index contributed by atoms with van der Waals surface area (Å²) < 4.78 is 11.8. The van der Waals surface area contributed by atoms with Gasteiger partial charge in [0.15, 0.2) is 6.23 Å². The Morgan fingerprint density at radius 2 is 2.23 bits per heavy atom. The van der Waals surface area contributed by atoms with Crippen LogP contribution in [0.3, 0.4) is 0 Å². The molecule has 0 radical (unpaired) electrons. The molecular weight excluding hydrogens is 294 g/mol. The molecule has 1 saturated heterocycles. The zero-order chi connectivity index (χ0) is 16.3. The first-order valence-corrected chi connectivity index (χ1v) is 7.05. The van der Waals surface area contributed by atoms with Gasteiger partial charge in [0.25, 0.3) is 5.56 Å². The van der Waals surface area contributed by atoms with Crippen LogP contribution in [0.4, 0.5) is 0 Å². The highest BCUT2D eigenvalue weighted by Gasteiger charge is 2.45. The van der Waals surface area contributed by atoms with Gasteiger partial charge in [0.2, 0.25) is 0 Å². The molecule has 1 unspecified atom stereocenters. The van der Waals surface area contributed by atoms with Gasteiger partial charge in [0, 0.05) is 18.9 Å². The number of nitrogens with zero attached hydrogens (tertiary/aromatic N) is 1. The quantitative estimate of drug-likeness (QED) is 0.462. The summed E-state index contributed by atoms with van der Waals surface area (Å²) in [5.74, 6) is 0. The fourth-order valence-corrected chi connectivity index (χ4v) is 2.53. The first-order chi connectivity index (χ1) is 10.5. The highest BCUT2D eigenvalue weighted by molar-refractivity contribution is 5.06. The Morgan fingerprint density at radius 1 is 1.50 bits per heavy atom. The molecule has 5 N–H and O–H groups in total. The normalized spacial score (nSPS) is 28.2. The van der Waals surface area contributed by atoms with Crippen LogP contribution >= 0.6 is 0 Å². The zero-order valence-corrected chi connectivity index (χ0v) is 12.3. The van der Waals surface area contributed by atoms with Crippen molar-refractivity contribution in [2.45, 2.75) is 37.4 Å². The van der Waals surface area contributed by atoms with Crippen molar-refractivity contribution in [2.24, 2.45) is 5.73 Å². The second-order valence-electron chi connectivity index (χ2n) is 5.15. The first-order valence-electron chi connectivity index (χ1n) is 7.05. The number of aliphatic hydroxyl groups excluding tert-OH is 2. The number of aliphatic hydroxyl groups is 2. The van der Waals surface area contributed by atoms with Crippen molar-refractivity contribution in [2.75, 3.05) is 20.3 Å². The van der Waals surface area contributed by atoms with E-state index in [1.54, 1.807) is 0 Å². The highest BCUT2D eigenvalue weighted by Crippen LogP contribution is 2.30. The minimum atomic E-state index is -1.08. The number of ether oxygens (including phenoxy) is 2. The van der Waals surface area contributed by atoms with E-state index in [1.807, 2.05) is 0 Å². The summed E-state index contributed by atoms with van der Waals surface area (Å²) in [6, 6.07) is 0. The van der Waals surface area contributed by atoms with Crippen LogP contribution in [0.25, 0.3) is 0 Å². The number of rotatable bonds is 6. The number of aromatic nitrogens is 2. The molecule has 1 aliphatic rings. The molecule has 9 heteroatoms. The first kappa shape index (κ1) is 16.8. The molecule has 1 fully saturated rings. The second-order valence-corrected chi connectivity index (χ2v) is 5.15. The summed E-state index contributed by atoms with van der Waals surface area (Å²) in [6.45, 7) is 0.0140. The molecule has 0 aliphatic carbocycles. The van der Waals surface area contributed by atoms with Gasteiger partial charge in [-0.1, -0.05) is 0 Å². The molecule has 1 aromatic rings. The van der Waals surface area contributed by atoms with Crippen molar-refractivity contribution in [3.05, 3.63) is 32.6 Å². The lowest BCUT2D eigenvalue weighted by atomic mass is 10.1. The number of hydrogen-bond acceptors (Lipinski definition) is 7. The van der Waals surface area contributed by atoms with E-state index in [2.05, 4.69) is 4.98 Å². The molecule has 0 bridgehead atoms. The van der Waals surface area contributed by atoms with Crippen LogP contribution in [-0.2, 0) is 15.9 Å². The molecule has 2 rings (SSSR count). The molecular formula is C13H21N3O6. The van der Waals surface area contributed by atoms with Crippen molar-refractivity contribution >= 4 is 0 Å². The van der Waals surface area contributed by atoms with Crippen molar-refractivity contribution < 1.29 is 19.7 Å². The van der Waals surface area contributed by atoms with Crippen LogP contribution in [0.15, 0.2) is 15.8 Å². The van der Waals surface area contributed by atoms with Gasteiger partial charge in [0.1, 0.15) is 18.3 Å². The second kappa shape index (κ2) is 7.16. The van der Waals surface area contributed by atoms with Gasteiger partial charge in [-0.15, -0.1) is 0 Å². The maximum Gasteiger partial charge on any atom is 0.330 e. The third kappa shape index (κ3) is 3.13. The average molecular weight is 315 g/mol. The number of nitrogens with one attached hydrogen (secondary N) is 1. The SMILES string of the molecule is COC1[C@@H](O)[C@@H](CO)O[C@H]1n1cc(CCCN)c(=O)[nH]c1=O. The Balaban J connectivity index is 2.38. The van der Waals surface area contributed by atoms with Crippen molar-refractivity contribution in [1.29, 1.82) is 0 Å². The van der Waals surface area contributed by atoms with E-state index in [1.165, 1.54) is 17.9 Å². The molecule has 2 heterocycles.